The molecule has 1 aliphatic rings. The summed E-state index contributed by atoms with van der Waals surface area (Å²) in [7, 11) is 0. The Balaban J connectivity index is 1.99. The minimum Gasteiger partial charge on any atom is -0.475 e. The van der Waals surface area contributed by atoms with Crippen LogP contribution in [0.4, 0.5) is 5.82 Å². The molecular formula is C12H20N4O2. The first kappa shape index (κ1) is 13.0. The third-order valence-electron chi connectivity index (χ3n) is 3.08. The molecule has 1 unspecified atom stereocenters. The molecule has 1 saturated heterocycles. The van der Waals surface area contributed by atoms with Crippen molar-refractivity contribution < 1.29 is 9.47 Å². The summed E-state index contributed by atoms with van der Waals surface area (Å²) in [5, 5.41) is 0. The summed E-state index contributed by atoms with van der Waals surface area (Å²) >= 11 is 0. The number of aromatic nitrogens is 2. The summed E-state index contributed by atoms with van der Waals surface area (Å²) < 4.78 is 11.4. The van der Waals surface area contributed by atoms with Crippen molar-refractivity contribution in [1.82, 2.24) is 9.97 Å². The highest BCUT2D eigenvalue weighted by Gasteiger charge is 2.16. The molecule has 0 radical (unpaired) electrons. The largest absolute Gasteiger partial charge is 0.475 e. The maximum absolute atomic E-state index is 5.74. The van der Waals surface area contributed by atoms with E-state index in [-0.39, 0.29) is 6.10 Å². The van der Waals surface area contributed by atoms with E-state index < -0.39 is 0 Å². The van der Waals surface area contributed by atoms with Gasteiger partial charge in [-0.15, -0.1) is 0 Å². The molecule has 6 heteroatoms. The standard InChI is InChI=1S/C12H20N4O2/c1-2-10-11(16-13)14-8-15-12(10)18-7-9-5-3-4-6-17-9/h8-9H,2-7,13H2,1H3,(H,14,15,16). The molecule has 2 heterocycles. The molecule has 0 spiro atoms. The van der Waals surface area contributed by atoms with Gasteiger partial charge in [-0.3, -0.25) is 0 Å². The number of hydrogen-bond donors (Lipinski definition) is 2. The van der Waals surface area contributed by atoms with Gasteiger partial charge in [0.2, 0.25) is 5.88 Å². The Bertz CT molecular complexity index is 380. The fourth-order valence-electron chi connectivity index (χ4n) is 2.07. The minimum absolute atomic E-state index is 0.174. The first-order chi connectivity index (χ1) is 8.85. The van der Waals surface area contributed by atoms with Crippen molar-refractivity contribution in [2.75, 3.05) is 18.6 Å². The molecule has 1 fully saturated rings. The fraction of sp³-hybridized carbons (Fsp3) is 0.667. The molecule has 0 bridgehead atoms. The van der Waals surface area contributed by atoms with Gasteiger partial charge in [0.15, 0.2) is 0 Å². The Morgan fingerprint density at radius 1 is 1.50 bits per heavy atom. The highest BCUT2D eigenvalue weighted by atomic mass is 16.5. The van der Waals surface area contributed by atoms with Gasteiger partial charge in [0.05, 0.1) is 11.7 Å². The van der Waals surface area contributed by atoms with Crippen molar-refractivity contribution in [2.45, 2.75) is 38.7 Å². The predicted octanol–water partition coefficient (Wildman–Crippen LogP) is 1.27. The van der Waals surface area contributed by atoms with Crippen LogP contribution in [-0.2, 0) is 11.2 Å². The fourth-order valence-corrected chi connectivity index (χ4v) is 2.07. The van der Waals surface area contributed by atoms with Crippen molar-refractivity contribution in [3.63, 3.8) is 0 Å². The molecule has 1 aromatic rings. The summed E-state index contributed by atoms with van der Waals surface area (Å²) in [5.41, 5.74) is 3.46. The number of nitrogens with one attached hydrogen (secondary N) is 1. The van der Waals surface area contributed by atoms with E-state index in [2.05, 4.69) is 15.4 Å². The smallest absolute Gasteiger partial charge is 0.221 e. The zero-order valence-electron chi connectivity index (χ0n) is 10.7. The van der Waals surface area contributed by atoms with Crippen LogP contribution in [0.2, 0.25) is 0 Å². The molecule has 1 atom stereocenters. The van der Waals surface area contributed by atoms with Gasteiger partial charge < -0.3 is 14.9 Å². The maximum atomic E-state index is 5.74. The number of nitrogens with zero attached hydrogens (tertiary/aromatic N) is 2. The summed E-state index contributed by atoms with van der Waals surface area (Å²) in [4.78, 5) is 8.22. The van der Waals surface area contributed by atoms with E-state index >= 15 is 0 Å². The van der Waals surface area contributed by atoms with Crippen LogP contribution in [0.1, 0.15) is 31.7 Å². The Kier molecular flexibility index (Phi) is 4.72. The van der Waals surface area contributed by atoms with E-state index in [1.807, 2.05) is 6.92 Å². The molecule has 0 aromatic carbocycles. The third-order valence-corrected chi connectivity index (χ3v) is 3.08. The second kappa shape index (κ2) is 6.51. The maximum Gasteiger partial charge on any atom is 0.221 e. The third kappa shape index (κ3) is 3.08. The number of ether oxygens (including phenoxy) is 2. The topological polar surface area (TPSA) is 82.3 Å². The number of hydrogen-bond acceptors (Lipinski definition) is 6. The number of nitrogens with two attached hydrogens (primary N) is 1. The zero-order valence-corrected chi connectivity index (χ0v) is 10.7. The predicted molar refractivity (Wildman–Crippen MR) is 68.3 cm³/mol. The monoisotopic (exact) mass is 252 g/mol. The van der Waals surface area contributed by atoms with Gasteiger partial charge in [0.25, 0.3) is 0 Å². The molecule has 0 aliphatic carbocycles. The lowest BCUT2D eigenvalue weighted by Crippen LogP contribution is -2.26. The number of nitrogen functional groups attached to an aromatic ring is 1. The van der Waals surface area contributed by atoms with Crippen LogP contribution < -0.4 is 16.0 Å². The van der Waals surface area contributed by atoms with Gasteiger partial charge in [-0.2, -0.15) is 0 Å². The number of rotatable bonds is 5. The lowest BCUT2D eigenvalue weighted by Gasteiger charge is -2.23. The molecule has 0 amide bonds. The second-order valence-corrected chi connectivity index (χ2v) is 4.30. The van der Waals surface area contributed by atoms with E-state index in [1.54, 1.807) is 0 Å². The van der Waals surface area contributed by atoms with Crippen LogP contribution >= 0.6 is 0 Å². The van der Waals surface area contributed by atoms with Crippen molar-refractivity contribution in [3.05, 3.63) is 11.9 Å². The van der Waals surface area contributed by atoms with Crippen molar-refractivity contribution in [2.24, 2.45) is 5.84 Å². The van der Waals surface area contributed by atoms with Gasteiger partial charge in [0, 0.05) is 6.61 Å². The first-order valence-electron chi connectivity index (χ1n) is 6.40. The highest BCUT2D eigenvalue weighted by Crippen LogP contribution is 2.22. The van der Waals surface area contributed by atoms with Crippen molar-refractivity contribution >= 4 is 5.82 Å². The molecule has 2 rings (SSSR count). The minimum atomic E-state index is 0.174. The Labute approximate surface area is 107 Å². The van der Waals surface area contributed by atoms with E-state index in [4.69, 9.17) is 15.3 Å². The van der Waals surface area contributed by atoms with Gasteiger partial charge in [0.1, 0.15) is 18.8 Å². The molecule has 1 aliphatic heterocycles. The van der Waals surface area contributed by atoms with Crippen LogP contribution in [0.5, 0.6) is 5.88 Å². The Morgan fingerprint density at radius 2 is 2.39 bits per heavy atom. The van der Waals surface area contributed by atoms with Gasteiger partial charge in [-0.25, -0.2) is 15.8 Å². The molecule has 18 heavy (non-hydrogen) atoms. The molecule has 3 N–H and O–H groups in total. The summed E-state index contributed by atoms with van der Waals surface area (Å²) in [6.07, 6.45) is 5.79. The summed E-state index contributed by atoms with van der Waals surface area (Å²) in [5.74, 6) is 6.62. The van der Waals surface area contributed by atoms with Crippen molar-refractivity contribution in [3.8, 4) is 5.88 Å². The molecule has 1 aromatic heterocycles. The van der Waals surface area contributed by atoms with Crippen LogP contribution in [0.25, 0.3) is 0 Å². The van der Waals surface area contributed by atoms with Crippen LogP contribution in [0.15, 0.2) is 6.33 Å². The van der Waals surface area contributed by atoms with Gasteiger partial charge in [-0.05, 0) is 25.7 Å². The average molecular weight is 252 g/mol. The van der Waals surface area contributed by atoms with Gasteiger partial charge in [-0.1, -0.05) is 6.92 Å². The lowest BCUT2D eigenvalue weighted by molar-refractivity contribution is -0.0121. The summed E-state index contributed by atoms with van der Waals surface area (Å²) in [6, 6.07) is 0. The van der Waals surface area contributed by atoms with Crippen LogP contribution in [-0.4, -0.2) is 29.3 Å². The highest BCUT2D eigenvalue weighted by molar-refractivity contribution is 5.47. The van der Waals surface area contributed by atoms with E-state index in [9.17, 15) is 0 Å². The molecular weight excluding hydrogens is 232 g/mol. The Morgan fingerprint density at radius 3 is 3.06 bits per heavy atom. The van der Waals surface area contributed by atoms with Crippen LogP contribution in [0, 0.1) is 0 Å². The van der Waals surface area contributed by atoms with E-state index in [1.165, 1.54) is 12.7 Å². The zero-order chi connectivity index (χ0) is 12.8. The Hall–Kier alpha value is -1.40. The van der Waals surface area contributed by atoms with Gasteiger partial charge >= 0.3 is 0 Å². The second-order valence-electron chi connectivity index (χ2n) is 4.30. The first-order valence-corrected chi connectivity index (χ1v) is 6.40. The normalized spacial score (nSPS) is 19.6. The number of hydrazine groups is 1. The average Bonchev–Trinajstić information content (AvgIpc) is 2.45. The molecule has 100 valence electrons. The van der Waals surface area contributed by atoms with Crippen LogP contribution in [0.3, 0.4) is 0 Å². The lowest BCUT2D eigenvalue weighted by atomic mass is 10.1. The summed E-state index contributed by atoms with van der Waals surface area (Å²) in [6.45, 7) is 3.38. The van der Waals surface area contributed by atoms with Crippen molar-refractivity contribution in [1.29, 1.82) is 0 Å². The van der Waals surface area contributed by atoms with E-state index in [0.29, 0.717) is 18.3 Å². The number of anilines is 1. The quantitative estimate of drug-likeness (QED) is 0.606. The molecule has 0 saturated carbocycles. The van der Waals surface area contributed by atoms with E-state index in [0.717, 1.165) is 31.4 Å². The SMILES string of the molecule is CCc1c(NN)ncnc1OCC1CCCCO1. The molecule has 6 nitrogen and oxygen atoms in total.